The number of hydrogen-bond donors (Lipinski definition) is 1. The van der Waals surface area contributed by atoms with Crippen LogP contribution in [0.4, 0.5) is 5.82 Å². The first kappa shape index (κ1) is 14.5. The maximum atomic E-state index is 12.0. The molecule has 22 heavy (non-hydrogen) atoms. The van der Waals surface area contributed by atoms with Crippen LogP contribution in [0.25, 0.3) is 0 Å². The van der Waals surface area contributed by atoms with Gasteiger partial charge in [-0.05, 0) is 0 Å². The molecule has 0 saturated carbocycles. The molecule has 116 valence electrons. The number of nitrogens with one attached hydrogen (secondary N) is 1. The molecule has 1 aliphatic heterocycles. The summed E-state index contributed by atoms with van der Waals surface area (Å²) in [7, 11) is 1.78. The summed E-state index contributed by atoms with van der Waals surface area (Å²) in [6, 6.07) is 1.90. The number of ether oxygens (including phenoxy) is 1. The van der Waals surface area contributed by atoms with Gasteiger partial charge in [-0.2, -0.15) is 0 Å². The largest absolute Gasteiger partial charge is 0.378 e. The van der Waals surface area contributed by atoms with E-state index in [1.807, 2.05) is 6.07 Å². The average Bonchev–Trinajstić information content (AvgIpc) is 3.00. The van der Waals surface area contributed by atoms with Crippen molar-refractivity contribution in [1.29, 1.82) is 0 Å². The molecule has 8 nitrogen and oxygen atoms in total. The van der Waals surface area contributed by atoms with Crippen LogP contribution in [0.3, 0.4) is 0 Å². The van der Waals surface area contributed by atoms with Crippen LogP contribution in [-0.2, 0) is 18.3 Å². The second kappa shape index (κ2) is 6.52. The molecule has 8 heteroatoms. The van der Waals surface area contributed by atoms with E-state index in [9.17, 15) is 4.79 Å². The van der Waals surface area contributed by atoms with Gasteiger partial charge in [0.1, 0.15) is 17.8 Å². The number of aromatic nitrogens is 4. The van der Waals surface area contributed by atoms with Crippen molar-refractivity contribution in [3.05, 3.63) is 36.3 Å². The summed E-state index contributed by atoms with van der Waals surface area (Å²) >= 11 is 0. The van der Waals surface area contributed by atoms with Gasteiger partial charge in [0.15, 0.2) is 0 Å². The number of aryl methyl sites for hydroxylation is 1. The Morgan fingerprint density at radius 3 is 2.91 bits per heavy atom. The summed E-state index contributed by atoms with van der Waals surface area (Å²) in [4.78, 5) is 26.6. The van der Waals surface area contributed by atoms with Crippen molar-refractivity contribution in [3.8, 4) is 0 Å². The minimum absolute atomic E-state index is 0.175. The Bertz CT molecular complexity index is 650. The summed E-state index contributed by atoms with van der Waals surface area (Å²) < 4.78 is 7.01. The van der Waals surface area contributed by atoms with E-state index in [2.05, 4.69) is 25.2 Å². The van der Waals surface area contributed by atoms with Crippen molar-refractivity contribution in [2.24, 2.45) is 7.05 Å². The molecular weight excluding hydrogens is 284 g/mol. The summed E-state index contributed by atoms with van der Waals surface area (Å²) in [6.07, 6.45) is 4.65. The number of morpholine rings is 1. The Morgan fingerprint density at radius 2 is 2.18 bits per heavy atom. The SMILES string of the molecule is Cn1cncc1C(=O)NCc1cc(N2CCOCC2)ncn1. The fourth-order valence-corrected chi connectivity index (χ4v) is 2.29. The highest BCUT2D eigenvalue weighted by molar-refractivity contribution is 5.92. The van der Waals surface area contributed by atoms with E-state index in [0.29, 0.717) is 25.5 Å². The van der Waals surface area contributed by atoms with Gasteiger partial charge in [0.2, 0.25) is 0 Å². The van der Waals surface area contributed by atoms with E-state index in [1.54, 1.807) is 17.9 Å². The number of nitrogens with zero attached hydrogens (tertiary/aromatic N) is 5. The molecule has 1 amide bonds. The Balaban J connectivity index is 1.63. The van der Waals surface area contributed by atoms with Gasteiger partial charge in [0, 0.05) is 26.2 Å². The quantitative estimate of drug-likeness (QED) is 0.854. The first-order valence-corrected chi connectivity index (χ1v) is 7.12. The Labute approximate surface area is 128 Å². The fraction of sp³-hybridized carbons (Fsp3) is 0.429. The van der Waals surface area contributed by atoms with Crippen molar-refractivity contribution in [2.75, 3.05) is 31.2 Å². The zero-order chi connectivity index (χ0) is 15.4. The predicted molar refractivity (Wildman–Crippen MR) is 79.4 cm³/mol. The van der Waals surface area contributed by atoms with Crippen molar-refractivity contribution in [1.82, 2.24) is 24.8 Å². The Hall–Kier alpha value is -2.48. The third kappa shape index (κ3) is 3.22. The van der Waals surface area contributed by atoms with Crippen molar-refractivity contribution in [3.63, 3.8) is 0 Å². The minimum atomic E-state index is -0.175. The molecule has 3 rings (SSSR count). The number of rotatable bonds is 4. The maximum Gasteiger partial charge on any atom is 0.269 e. The van der Waals surface area contributed by atoms with Crippen molar-refractivity contribution < 1.29 is 9.53 Å². The van der Waals surface area contributed by atoms with E-state index in [1.165, 1.54) is 12.5 Å². The average molecular weight is 302 g/mol. The van der Waals surface area contributed by atoms with Crippen LogP contribution in [0.15, 0.2) is 24.9 Å². The zero-order valence-corrected chi connectivity index (χ0v) is 12.4. The van der Waals surface area contributed by atoms with Crippen LogP contribution in [-0.4, -0.2) is 51.7 Å². The van der Waals surface area contributed by atoms with E-state index < -0.39 is 0 Å². The molecular formula is C14H18N6O2. The summed E-state index contributed by atoms with van der Waals surface area (Å²) in [5.74, 6) is 0.689. The van der Waals surface area contributed by atoms with Gasteiger partial charge in [0.25, 0.3) is 5.91 Å². The van der Waals surface area contributed by atoms with E-state index >= 15 is 0 Å². The number of carbonyl (C=O) groups is 1. The van der Waals surface area contributed by atoms with Crippen LogP contribution in [0.5, 0.6) is 0 Å². The molecule has 3 heterocycles. The molecule has 1 saturated heterocycles. The van der Waals surface area contributed by atoms with Gasteiger partial charge in [0.05, 0.1) is 38.0 Å². The third-order valence-electron chi connectivity index (χ3n) is 3.52. The van der Waals surface area contributed by atoms with E-state index in [0.717, 1.165) is 24.6 Å². The topological polar surface area (TPSA) is 85.2 Å². The smallest absolute Gasteiger partial charge is 0.269 e. The van der Waals surface area contributed by atoms with Gasteiger partial charge in [-0.25, -0.2) is 15.0 Å². The predicted octanol–water partition coefficient (Wildman–Crippen LogP) is -0.0233. The van der Waals surface area contributed by atoms with Crippen LogP contribution in [0.1, 0.15) is 16.2 Å². The Kier molecular flexibility index (Phi) is 4.29. The molecule has 0 atom stereocenters. The van der Waals surface area contributed by atoms with Crippen LogP contribution >= 0.6 is 0 Å². The highest BCUT2D eigenvalue weighted by atomic mass is 16.5. The zero-order valence-electron chi connectivity index (χ0n) is 12.4. The van der Waals surface area contributed by atoms with Crippen molar-refractivity contribution in [2.45, 2.75) is 6.54 Å². The van der Waals surface area contributed by atoms with Gasteiger partial charge < -0.3 is 19.5 Å². The first-order valence-electron chi connectivity index (χ1n) is 7.12. The molecule has 0 unspecified atom stereocenters. The lowest BCUT2D eigenvalue weighted by molar-refractivity contribution is 0.0942. The maximum absolute atomic E-state index is 12.0. The highest BCUT2D eigenvalue weighted by Gasteiger charge is 2.14. The number of hydrogen-bond acceptors (Lipinski definition) is 6. The molecule has 1 aliphatic rings. The number of amides is 1. The summed E-state index contributed by atoms with van der Waals surface area (Å²) in [6.45, 7) is 3.40. The molecule has 0 aromatic carbocycles. The van der Waals surface area contributed by atoms with E-state index in [-0.39, 0.29) is 5.91 Å². The minimum Gasteiger partial charge on any atom is -0.378 e. The summed E-state index contributed by atoms with van der Waals surface area (Å²) in [5.41, 5.74) is 1.29. The van der Waals surface area contributed by atoms with Crippen LogP contribution in [0, 0.1) is 0 Å². The van der Waals surface area contributed by atoms with Gasteiger partial charge in [-0.1, -0.05) is 0 Å². The molecule has 0 bridgehead atoms. The number of carbonyl (C=O) groups excluding carboxylic acids is 1. The normalized spacial score (nSPS) is 14.9. The van der Waals surface area contributed by atoms with Crippen LogP contribution in [0.2, 0.25) is 0 Å². The van der Waals surface area contributed by atoms with Gasteiger partial charge in [-0.15, -0.1) is 0 Å². The monoisotopic (exact) mass is 302 g/mol. The standard InChI is InChI=1S/C14H18N6O2/c1-19-10-15-8-12(19)14(21)16-7-11-6-13(18-9-17-11)20-2-4-22-5-3-20/h6,8-10H,2-5,7H2,1H3,(H,16,21). The molecule has 0 aliphatic carbocycles. The van der Waals surface area contributed by atoms with Crippen molar-refractivity contribution >= 4 is 11.7 Å². The fourth-order valence-electron chi connectivity index (χ4n) is 2.29. The number of anilines is 1. The van der Waals surface area contributed by atoms with Gasteiger partial charge >= 0.3 is 0 Å². The summed E-state index contributed by atoms with van der Waals surface area (Å²) in [5, 5.41) is 2.84. The van der Waals surface area contributed by atoms with Crippen LogP contribution < -0.4 is 10.2 Å². The highest BCUT2D eigenvalue weighted by Crippen LogP contribution is 2.12. The Morgan fingerprint density at radius 1 is 1.36 bits per heavy atom. The van der Waals surface area contributed by atoms with Gasteiger partial charge in [-0.3, -0.25) is 4.79 Å². The molecule has 1 fully saturated rings. The lowest BCUT2D eigenvalue weighted by atomic mass is 10.3. The third-order valence-corrected chi connectivity index (χ3v) is 3.52. The molecule has 0 spiro atoms. The molecule has 2 aromatic heterocycles. The van der Waals surface area contributed by atoms with E-state index in [4.69, 9.17) is 4.74 Å². The molecule has 1 N–H and O–H groups in total. The lowest BCUT2D eigenvalue weighted by Gasteiger charge is -2.27. The molecule has 2 aromatic rings. The first-order chi connectivity index (χ1) is 10.7. The molecule has 0 radical (unpaired) electrons. The lowest BCUT2D eigenvalue weighted by Crippen LogP contribution is -2.37. The second-order valence-electron chi connectivity index (χ2n) is 5.04. The second-order valence-corrected chi connectivity index (χ2v) is 5.04. The number of imidazole rings is 1.